The number of carbonyl (C=O) groups is 1. The molecule has 0 aliphatic carbocycles. The van der Waals surface area contributed by atoms with Gasteiger partial charge in [-0.15, -0.1) is 0 Å². The second-order valence-corrected chi connectivity index (χ2v) is 6.48. The Kier molecular flexibility index (Phi) is 5.56. The summed E-state index contributed by atoms with van der Waals surface area (Å²) < 4.78 is 19.0. The number of ether oxygens (including phenoxy) is 1. The number of carbonyl (C=O) groups excluding carboxylic acids is 1. The van der Waals surface area contributed by atoms with Gasteiger partial charge in [0.15, 0.2) is 0 Å². The third-order valence-corrected chi connectivity index (χ3v) is 4.69. The maximum absolute atomic E-state index is 13.3. The first-order valence-electron chi connectivity index (χ1n) is 8.22. The predicted molar refractivity (Wildman–Crippen MR) is 95.9 cm³/mol. The van der Waals surface area contributed by atoms with E-state index < -0.39 is 5.82 Å². The minimum atomic E-state index is -0.463. The van der Waals surface area contributed by atoms with E-state index in [0.29, 0.717) is 38.2 Å². The molecule has 1 atom stereocenters. The molecule has 2 aromatic carbocycles. The number of para-hydroxylation sites is 1. The van der Waals surface area contributed by atoms with Crippen molar-refractivity contribution in [2.75, 3.05) is 25.4 Å². The Morgan fingerprint density at radius 3 is 2.88 bits per heavy atom. The first kappa shape index (κ1) is 17.7. The average molecular weight is 363 g/mol. The van der Waals surface area contributed by atoms with Crippen LogP contribution in [0.3, 0.4) is 0 Å². The molecular formula is C19H20ClFN2O2. The van der Waals surface area contributed by atoms with Gasteiger partial charge in [0.05, 0.1) is 18.2 Å². The van der Waals surface area contributed by atoms with Crippen molar-refractivity contribution in [2.45, 2.75) is 18.9 Å². The number of amides is 1. The minimum absolute atomic E-state index is 0.0594. The molecular weight excluding hydrogens is 343 g/mol. The lowest BCUT2D eigenvalue weighted by molar-refractivity contribution is -0.139. The Morgan fingerprint density at radius 2 is 2.12 bits per heavy atom. The van der Waals surface area contributed by atoms with E-state index in [9.17, 15) is 9.18 Å². The zero-order valence-corrected chi connectivity index (χ0v) is 14.5. The summed E-state index contributed by atoms with van der Waals surface area (Å²) in [4.78, 5) is 14.3. The van der Waals surface area contributed by atoms with Gasteiger partial charge in [-0.1, -0.05) is 35.9 Å². The van der Waals surface area contributed by atoms with Gasteiger partial charge in [0.1, 0.15) is 11.9 Å². The second kappa shape index (κ2) is 7.85. The van der Waals surface area contributed by atoms with E-state index in [4.69, 9.17) is 22.1 Å². The highest BCUT2D eigenvalue weighted by Gasteiger charge is 2.25. The van der Waals surface area contributed by atoms with E-state index in [-0.39, 0.29) is 17.0 Å². The predicted octanol–water partition coefficient (Wildman–Crippen LogP) is 3.59. The van der Waals surface area contributed by atoms with Crippen LogP contribution in [0, 0.1) is 5.82 Å². The highest BCUT2D eigenvalue weighted by Crippen LogP contribution is 2.26. The van der Waals surface area contributed by atoms with Crippen molar-refractivity contribution in [3.8, 4) is 0 Å². The largest absolute Gasteiger partial charge is 0.399 e. The van der Waals surface area contributed by atoms with E-state index in [1.165, 1.54) is 6.07 Å². The van der Waals surface area contributed by atoms with Crippen molar-refractivity contribution in [3.63, 3.8) is 0 Å². The maximum Gasteiger partial charge on any atom is 0.223 e. The second-order valence-electron chi connectivity index (χ2n) is 6.07. The molecule has 0 spiro atoms. The number of nitrogens with zero attached hydrogens (tertiary/aromatic N) is 1. The molecule has 6 heteroatoms. The van der Waals surface area contributed by atoms with Crippen molar-refractivity contribution in [2.24, 2.45) is 0 Å². The fourth-order valence-corrected chi connectivity index (χ4v) is 3.14. The summed E-state index contributed by atoms with van der Waals surface area (Å²) in [5, 5.41) is 0.0594. The molecule has 1 aliphatic heterocycles. The summed E-state index contributed by atoms with van der Waals surface area (Å²) in [6.45, 7) is 1.43. The lowest BCUT2D eigenvalue weighted by atomic mass is 10.1. The molecule has 1 amide bonds. The molecule has 1 fully saturated rings. The number of nitrogens with two attached hydrogens (primary N) is 1. The third-order valence-electron chi connectivity index (χ3n) is 4.40. The van der Waals surface area contributed by atoms with Crippen molar-refractivity contribution in [1.29, 1.82) is 0 Å². The standard InChI is InChI=1S/C19H20ClFN2O2/c20-15-11-14(5-7-16(15)21)18-12-23(9-10-25-18)19(24)8-6-13-3-1-2-4-17(13)22/h1-5,7,11,18H,6,8-10,12,22H2. The Bertz CT molecular complexity index is 769. The van der Waals surface area contributed by atoms with Gasteiger partial charge in [-0.05, 0) is 35.7 Å². The molecule has 2 N–H and O–H groups in total. The van der Waals surface area contributed by atoms with Crippen LogP contribution in [0.25, 0.3) is 0 Å². The van der Waals surface area contributed by atoms with Crippen LogP contribution < -0.4 is 5.73 Å². The summed E-state index contributed by atoms with van der Waals surface area (Å²) >= 11 is 5.84. The first-order valence-corrected chi connectivity index (χ1v) is 8.60. The Morgan fingerprint density at radius 1 is 1.32 bits per heavy atom. The molecule has 0 bridgehead atoms. The van der Waals surface area contributed by atoms with Gasteiger partial charge >= 0.3 is 0 Å². The van der Waals surface area contributed by atoms with Crippen LogP contribution in [0.4, 0.5) is 10.1 Å². The SMILES string of the molecule is Nc1ccccc1CCC(=O)N1CCOC(c2ccc(F)c(Cl)c2)C1. The highest BCUT2D eigenvalue weighted by molar-refractivity contribution is 6.30. The number of rotatable bonds is 4. The summed E-state index contributed by atoms with van der Waals surface area (Å²) in [5.74, 6) is -0.403. The van der Waals surface area contributed by atoms with Crippen molar-refractivity contribution in [3.05, 3.63) is 64.4 Å². The summed E-state index contributed by atoms with van der Waals surface area (Å²) in [6, 6.07) is 12.1. The van der Waals surface area contributed by atoms with Crippen LogP contribution in [0.5, 0.6) is 0 Å². The van der Waals surface area contributed by atoms with E-state index in [2.05, 4.69) is 0 Å². The van der Waals surface area contributed by atoms with Gasteiger partial charge in [0, 0.05) is 18.7 Å². The quantitative estimate of drug-likeness (QED) is 0.845. The number of nitrogen functional groups attached to an aromatic ring is 1. The molecule has 1 saturated heterocycles. The maximum atomic E-state index is 13.3. The molecule has 25 heavy (non-hydrogen) atoms. The van der Waals surface area contributed by atoms with Crippen LogP contribution in [0.2, 0.25) is 5.02 Å². The van der Waals surface area contributed by atoms with Crippen molar-refractivity contribution >= 4 is 23.2 Å². The Labute approximate surface area is 151 Å². The average Bonchev–Trinajstić information content (AvgIpc) is 2.63. The topological polar surface area (TPSA) is 55.6 Å². The minimum Gasteiger partial charge on any atom is -0.399 e. The van der Waals surface area contributed by atoms with Gasteiger partial charge in [-0.25, -0.2) is 4.39 Å². The molecule has 1 aliphatic rings. The van der Waals surface area contributed by atoms with E-state index >= 15 is 0 Å². The Hall–Kier alpha value is -2.11. The number of morpholine rings is 1. The normalized spacial score (nSPS) is 17.5. The number of hydrogen-bond acceptors (Lipinski definition) is 3. The third kappa shape index (κ3) is 4.30. The fourth-order valence-electron chi connectivity index (χ4n) is 2.95. The monoisotopic (exact) mass is 362 g/mol. The Balaban J connectivity index is 1.61. The van der Waals surface area contributed by atoms with Gasteiger partial charge in [-0.2, -0.15) is 0 Å². The van der Waals surface area contributed by atoms with Crippen LogP contribution >= 0.6 is 11.6 Å². The fraction of sp³-hybridized carbons (Fsp3) is 0.316. The van der Waals surface area contributed by atoms with Gasteiger partial charge in [0.25, 0.3) is 0 Å². The first-order chi connectivity index (χ1) is 12.0. The number of anilines is 1. The number of aryl methyl sites for hydroxylation is 1. The van der Waals surface area contributed by atoms with Crippen LogP contribution in [-0.4, -0.2) is 30.5 Å². The van der Waals surface area contributed by atoms with Crippen LogP contribution in [0.1, 0.15) is 23.7 Å². The molecule has 0 aromatic heterocycles. The van der Waals surface area contributed by atoms with Gasteiger partial charge in [0.2, 0.25) is 5.91 Å². The highest BCUT2D eigenvalue weighted by atomic mass is 35.5. The van der Waals surface area contributed by atoms with Crippen molar-refractivity contribution in [1.82, 2.24) is 4.90 Å². The van der Waals surface area contributed by atoms with Crippen LogP contribution in [0.15, 0.2) is 42.5 Å². The van der Waals surface area contributed by atoms with E-state index in [1.807, 2.05) is 24.3 Å². The molecule has 0 saturated carbocycles. The van der Waals surface area contributed by atoms with Crippen molar-refractivity contribution < 1.29 is 13.9 Å². The lowest BCUT2D eigenvalue weighted by Crippen LogP contribution is -2.42. The summed E-state index contributed by atoms with van der Waals surface area (Å²) in [6.07, 6.45) is 0.707. The molecule has 1 unspecified atom stereocenters. The summed E-state index contributed by atoms with van der Waals surface area (Å²) in [7, 11) is 0. The smallest absolute Gasteiger partial charge is 0.223 e. The molecule has 4 nitrogen and oxygen atoms in total. The number of hydrogen-bond donors (Lipinski definition) is 1. The molecule has 132 valence electrons. The molecule has 2 aromatic rings. The van der Waals surface area contributed by atoms with E-state index in [0.717, 1.165) is 11.1 Å². The number of benzene rings is 2. The van der Waals surface area contributed by atoms with Gasteiger partial charge < -0.3 is 15.4 Å². The zero-order chi connectivity index (χ0) is 17.8. The van der Waals surface area contributed by atoms with E-state index in [1.54, 1.807) is 17.0 Å². The molecule has 1 heterocycles. The number of halogens is 2. The lowest BCUT2D eigenvalue weighted by Gasteiger charge is -2.33. The van der Waals surface area contributed by atoms with Crippen LogP contribution in [-0.2, 0) is 16.0 Å². The van der Waals surface area contributed by atoms with Gasteiger partial charge in [-0.3, -0.25) is 4.79 Å². The molecule has 0 radical (unpaired) electrons. The zero-order valence-electron chi connectivity index (χ0n) is 13.8. The summed E-state index contributed by atoms with van der Waals surface area (Å²) in [5.41, 5.74) is 8.38. The molecule has 3 rings (SSSR count).